The van der Waals surface area contributed by atoms with Crippen LogP contribution in [0.3, 0.4) is 0 Å². The van der Waals surface area contributed by atoms with Crippen LogP contribution < -0.4 is 0 Å². The van der Waals surface area contributed by atoms with Gasteiger partial charge in [-0.25, -0.2) is 4.79 Å². The van der Waals surface area contributed by atoms with Gasteiger partial charge in [-0.05, 0) is 33.1 Å². The predicted octanol–water partition coefficient (Wildman–Crippen LogP) is 2.20. The van der Waals surface area contributed by atoms with Gasteiger partial charge < -0.3 is 14.6 Å². The van der Waals surface area contributed by atoms with Crippen molar-refractivity contribution in [3.63, 3.8) is 0 Å². The molecule has 0 spiro atoms. The fourth-order valence-corrected chi connectivity index (χ4v) is 1.18. The smallest absolute Gasteiger partial charge is 0.330 e. The van der Waals surface area contributed by atoms with E-state index in [0.29, 0.717) is 26.1 Å². The van der Waals surface area contributed by atoms with E-state index >= 15 is 0 Å². The summed E-state index contributed by atoms with van der Waals surface area (Å²) < 4.78 is 10.7. The van der Waals surface area contributed by atoms with E-state index in [9.17, 15) is 4.79 Å². The first-order valence-corrected chi connectivity index (χ1v) is 5.26. The van der Waals surface area contributed by atoms with Crippen LogP contribution in [0, 0.1) is 0 Å². The van der Waals surface area contributed by atoms with E-state index in [1.807, 2.05) is 13.8 Å². The lowest BCUT2D eigenvalue weighted by atomic mass is 10.1. The van der Waals surface area contributed by atoms with E-state index < -0.39 is 5.97 Å². The lowest BCUT2D eigenvalue weighted by Crippen LogP contribution is -2.17. The third-order valence-electron chi connectivity index (χ3n) is 1.93. The highest BCUT2D eigenvalue weighted by molar-refractivity contribution is 5.85. The molecule has 0 saturated carbocycles. The van der Waals surface area contributed by atoms with E-state index in [1.165, 1.54) is 0 Å². The summed E-state index contributed by atoms with van der Waals surface area (Å²) in [6, 6.07) is 0. The molecule has 0 unspecified atom stereocenters. The molecule has 0 amide bonds. The van der Waals surface area contributed by atoms with Crippen molar-refractivity contribution in [2.45, 2.75) is 39.4 Å². The Bertz CT molecular complexity index is 195. The van der Waals surface area contributed by atoms with Crippen LogP contribution in [-0.4, -0.2) is 30.6 Å². The number of carboxylic acid groups (broad SMARTS) is 1. The van der Waals surface area contributed by atoms with Crippen molar-refractivity contribution in [1.82, 2.24) is 0 Å². The topological polar surface area (TPSA) is 55.8 Å². The maximum atomic E-state index is 10.5. The zero-order chi connectivity index (χ0) is 11.7. The fourth-order valence-electron chi connectivity index (χ4n) is 1.18. The minimum Gasteiger partial charge on any atom is -0.478 e. The van der Waals surface area contributed by atoms with Gasteiger partial charge in [-0.2, -0.15) is 0 Å². The summed E-state index contributed by atoms with van der Waals surface area (Å²) in [5.74, 6) is -0.931. The molecule has 0 saturated heterocycles. The van der Waals surface area contributed by atoms with E-state index in [-0.39, 0.29) is 11.9 Å². The second-order valence-corrected chi connectivity index (χ2v) is 3.14. The molecule has 0 rings (SSSR count). The van der Waals surface area contributed by atoms with Crippen LogP contribution in [0.4, 0.5) is 0 Å². The van der Waals surface area contributed by atoms with E-state index in [4.69, 9.17) is 14.6 Å². The molecular formula is C11H20O4. The highest BCUT2D eigenvalue weighted by atomic mass is 16.7. The Kier molecular flexibility index (Phi) is 7.95. The van der Waals surface area contributed by atoms with Gasteiger partial charge in [-0.3, -0.25) is 0 Å². The first-order chi connectivity index (χ1) is 7.11. The van der Waals surface area contributed by atoms with Crippen LogP contribution in [0.5, 0.6) is 0 Å². The normalized spacial score (nSPS) is 10.6. The number of carboxylic acids is 1. The fraction of sp³-hybridized carbons (Fsp3) is 0.727. The maximum Gasteiger partial charge on any atom is 0.330 e. The standard InChI is InChI=1S/C11H20O4/c1-4-14-10(15-5-2)8-6-7-9(3)11(12)13/h10H,3-8H2,1-2H3,(H,12,13). The molecular weight excluding hydrogens is 196 g/mol. The molecule has 4 nitrogen and oxygen atoms in total. The summed E-state index contributed by atoms with van der Waals surface area (Å²) in [4.78, 5) is 10.5. The Balaban J connectivity index is 3.69. The van der Waals surface area contributed by atoms with Crippen LogP contribution in [0.25, 0.3) is 0 Å². The summed E-state index contributed by atoms with van der Waals surface area (Å²) in [5.41, 5.74) is 0.238. The summed E-state index contributed by atoms with van der Waals surface area (Å²) in [6.45, 7) is 8.48. The highest BCUT2D eigenvalue weighted by Crippen LogP contribution is 2.10. The van der Waals surface area contributed by atoms with Gasteiger partial charge in [0.05, 0.1) is 0 Å². The zero-order valence-corrected chi connectivity index (χ0v) is 9.49. The Morgan fingerprint density at radius 3 is 2.27 bits per heavy atom. The highest BCUT2D eigenvalue weighted by Gasteiger charge is 2.09. The minimum absolute atomic E-state index is 0.221. The molecule has 0 heterocycles. The first-order valence-electron chi connectivity index (χ1n) is 5.26. The molecule has 1 N–H and O–H groups in total. The minimum atomic E-state index is -0.931. The first kappa shape index (κ1) is 14.1. The number of hydrogen-bond acceptors (Lipinski definition) is 3. The second kappa shape index (κ2) is 8.44. The molecule has 88 valence electrons. The van der Waals surface area contributed by atoms with Crippen LogP contribution in [0.2, 0.25) is 0 Å². The van der Waals surface area contributed by atoms with Gasteiger partial charge in [-0.1, -0.05) is 6.58 Å². The van der Waals surface area contributed by atoms with E-state index in [1.54, 1.807) is 0 Å². The van der Waals surface area contributed by atoms with E-state index in [2.05, 4.69) is 6.58 Å². The van der Waals surface area contributed by atoms with Crippen molar-refractivity contribution in [1.29, 1.82) is 0 Å². The van der Waals surface area contributed by atoms with Gasteiger partial charge in [0.25, 0.3) is 0 Å². The van der Waals surface area contributed by atoms with Gasteiger partial charge in [0.2, 0.25) is 0 Å². The van der Waals surface area contributed by atoms with Crippen LogP contribution >= 0.6 is 0 Å². The van der Waals surface area contributed by atoms with Crippen molar-refractivity contribution in [3.05, 3.63) is 12.2 Å². The molecule has 0 atom stereocenters. The maximum absolute atomic E-state index is 10.5. The van der Waals surface area contributed by atoms with Gasteiger partial charge in [0.1, 0.15) is 0 Å². The average Bonchev–Trinajstić information content (AvgIpc) is 2.18. The summed E-state index contributed by atoms with van der Waals surface area (Å²) in [5, 5.41) is 8.59. The summed E-state index contributed by atoms with van der Waals surface area (Å²) in [6.07, 6.45) is 1.68. The molecule has 15 heavy (non-hydrogen) atoms. The Morgan fingerprint density at radius 2 is 1.87 bits per heavy atom. The quantitative estimate of drug-likeness (QED) is 0.474. The average molecular weight is 216 g/mol. The summed E-state index contributed by atoms with van der Waals surface area (Å²) >= 11 is 0. The molecule has 0 bridgehead atoms. The van der Waals surface area contributed by atoms with Gasteiger partial charge in [0.15, 0.2) is 6.29 Å². The van der Waals surface area contributed by atoms with Crippen LogP contribution in [-0.2, 0) is 14.3 Å². The summed E-state index contributed by atoms with van der Waals surface area (Å²) in [7, 11) is 0. The Hall–Kier alpha value is -0.870. The van der Waals surface area contributed by atoms with Crippen molar-refractivity contribution < 1.29 is 19.4 Å². The zero-order valence-electron chi connectivity index (χ0n) is 9.49. The molecule has 0 aliphatic carbocycles. The SMILES string of the molecule is C=C(CCCC(OCC)OCC)C(=O)O. The molecule has 0 aromatic rings. The largest absolute Gasteiger partial charge is 0.478 e. The number of hydrogen-bond donors (Lipinski definition) is 1. The molecule has 4 heteroatoms. The molecule has 0 aromatic carbocycles. The Morgan fingerprint density at radius 1 is 1.33 bits per heavy atom. The molecule has 0 aliphatic rings. The second-order valence-electron chi connectivity index (χ2n) is 3.14. The number of rotatable bonds is 9. The van der Waals surface area contributed by atoms with Crippen molar-refractivity contribution in [3.8, 4) is 0 Å². The van der Waals surface area contributed by atoms with Gasteiger partial charge in [-0.15, -0.1) is 0 Å². The molecule has 0 aromatic heterocycles. The Labute approximate surface area is 90.9 Å². The number of carbonyl (C=O) groups is 1. The van der Waals surface area contributed by atoms with Crippen molar-refractivity contribution in [2.75, 3.05) is 13.2 Å². The third-order valence-corrected chi connectivity index (χ3v) is 1.93. The van der Waals surface area contributed by atoms with Gasteiger partial charge in [0, 0.05) is 18.8 Å². The van der Waals surface area contributed by atoms with Crippen LogP contribution in [0.1, 0.15) is 33.1 Å². The van der Waals surface area contributed by atoms with Gasteiger partial charge >= 0.3 is 5.97 Å². The lowest BCUT2D eigenvalue weighted by molar-refractivity contribution is -0.140. The number of aliphatic carboxylic acids is 1. The predicted molar refractivity (Wildman–Crippen MR) is 57.7 cm³/mol. The molecule has 0 aliphatic heterocycles. The van der Waals surface area contributed by atoms with Crippen LogP contribution in [0.15, 0.2) is 12.2 Å². The molecule has 0 radical (unpaired) electrons. The molecule has 0 fully saturated rings. The van der Waals surface area contributed by atoms with E-state index in [0.717, 1.165) is 6.42 Å². The van der Waals surface area contributed by atoms with Crippen molar-refractivity contribution >= 4 is 5.97 Å². The monoisotopic (exact) mass is 216 g/mol. The number of ether oxygens (including phenoxy) is 2. The van der Waals surface area contributed by atoms with Crippen molar-refractivity contribution in [2.24, 2.45) is 0 Å². The third kappa shape index (κ3) is 7.11. The lowest BCUT2D eigenvalue weighted by Gasteiger charge is -2.16.